The Hall–Kier alpha value is -4.36. The maximum atomic E-state index is 12.2. The summed E-state index contributed by atoms with van der Waals surface area (Å²) in [6, 6.07) is 27.5. The number of anilines is 2. The van der Waals surface area contributed by atoms with Crippen LogP contribution in [0.5, 0.6) is 11.5 Å². The Kier molecular flexibility index (Phi) is 8.73. The minimum absolute atomic E-state index is 0.0272. The van der Waals surface area contributed by atoms with Crippen molar-refractivity contribution in [3.8, 4) is 11.5 Å². The van der Waals surface area contributed by atoms with E-state index in [0.717, 1.165) is 16.5 Å². The van der Waals surface area contributed by atoms with Crippen molar-refractivity contribution >= 4 is 51.5 Å². The average molecular weight is 517 g/mol. The summed E-state index contributed by atoms with van der Waals surface area (Å²) in [5.41, 5.74) is 1.17. The van der Waals surface area contributed by atoms with E-state index in [4.69, 9.17) is 21.1 Å². The summed E-state index contributed by atoms with van der Waals surface area (Å²) in [4.78, 5) is 36.0. The van der Waals surface area contributed by atoms with Gasteiger partial charge in [-0.05, 0) is 66.4 Å². The Labute approximate surface area is 219 Å². The molecule has 4 rings (SSSR count). The van der Waals surface area contributed by atoms with Crippen LogP contribution in [0, 0.1) is 0 Å². The zero-order valence-corrected chi connectivity index (χ0v) is 20.7. The number of fused-ring (bicyclic) bond motifs is 1. The number of carbonyl (C=O) groups excluding carboxylic acids is 3. The van der Waals surface area contributed by atoms with E-state index in [1.165, 1.54) is 0 Å². The normalized spacial score (nSPS) is 10.5. The number of rotatable bonds is 10. The van der Waals surface area contributed by atoms with Crippen LogP contribution in [0.4, 0.5) is 11.4 Å². The van der Waals surface area contributed by atoms with Crippen LogP contribution in [0.15, 0.2) is 91.0 Å². The molecule has 8 heteroatoms. The van der Waals surface area contributed by atoms with E-state index >= 15 is 0 Å². The van der Waals surface area contributed by atoms with Gasteiger partial charge >= 0.3 is 5.97 Å². The standard InChI is InChI=1S/C29H25ClN2O5/c30-21-11-13-22(14-12-21)32-28(34)19-36-29(35)10-4-9-27(33)31-23-15-17-24(18-16-23)37-26-8-3-6-20-5-1-2-7-25(20)26/h1-3,5-8,11-18H,4,9-10,19H2,(H,31,33)(H,32,34). The van der Waals surface area contributed by atoms with E-state index in [0.29, 0.717) is 28.6 Å². The van der Waals surface area contributed by atoms with Gasteiger partial charge in [-0.1, -0.05) is 48.0 Å². The lowest BCUT2D eigenvalue weighted by Crippen LogP contribution is -2.21. The van der Waals surface area contributed by atoms with E-state index in [1.54, 1.807) is 48.5 Å². The molecular formula is C29H25ClN2O5. The van der Waals surface area contributed by atoms with Crippen LogP contribution >= 0.6 is 11.6 Å². The predicted molar refractivity (Wildman–Crippen MR) is 144 cm³/mol. The van der Waals surface area contributed by atoms with E-state index in [9.17, 15) is 14.4 Å². The van der Waals surface area contributed by atoms with Crippen LogP contribution < -0.4 is 15.4 Å². The number of benzene rings is 4. The summed E-state index contributed by atoms with van der Waals surface area (Å²) in [6.07, 6.45) is 0.464. The number of carbonyl (C=O) groups is 3. The third kappa shape index (κ3) is 7.81. The molecule has 188 valence electrons. The number of hydrogen-bond donors (Lipinski definition) is 2. The summed E-state index contributed by atoms with van der Waals surface area (Å²) in [7, 11) is 0. The summed E-state index contributed by atoms with van der Waals surface area (Å²) < 4.78 is 11.0. The van der Waals surface area contributed by atoms with Crippen LogP contribution in [0.1, 0.15) is 19.3 Å². The Morgan fingerprint density at radius 3 is 2.11 bits per heavy atom. The predicted octanol–water partition coefficient (Wildman–Crippen LogP) is 6.58. The molecule has 4 aromatic rings. The van der Waals surface area contributed by atoms with Crippen molar-refractivity contribution < 1.29 is 23.9 Å². The first kappa shape index (κ1) is 25.7. The maximum Gasteiger partial charge on any atom is 0.306 e. The molecule has 37 heavy (non-hydrogen) atoms. The van der Waals surface area contributed by atoms with Gasteiger partial charge in [0.2, 0.25) is 5.91 Å². The first-order valence-corrected chi connectivity index (χ1v) is 12.1. The second kappa shape index (κ2) is 12.6. The molecule has 0 saturated carbocycles. The van der Waals surface area contributed by atoms with Crippen LogP contribution in [-0.4, -0.2) is 24.4 Å². The second-order valence-corrected chi connectivity index (χ2v) is 8.66. The molecule has 0 unspecified atom stereocenters. The lowest BCUT2D eigenvalue weighted by atomic mass is 10.1. The fourth-order valence-corrected chi connectivity index (χ4v) is 3.71. The van der Waals surface area contributed by atoms with Gasteiger partial charge in [-0.2, -0.15) is 0 Å². The van der Waals surface area contributed by atoms with Gasteiger partial charge in [-0.15, -0.1) is 0 Å². The van der Waals surface area contributed by atoms with Crippen molar-refractivity contribution in [3.05, 3.63) is 96.0 Å². The highest BCUT2D eigenvalue weighted by atomic mass is 35.5. The molecule has 0 spiro atoms. The summed E-state index contributed by atoms with van der Waals surface area (Å²) in [5, 5.41) is 8.06. The van der Waals surface area contributed by atoms with E-state index < -0.39 is 18.5 Å². The van der Waals surface area contributed by atoms with Gasteiger partial charge in [0.05, 0.1) is 0 Å². The van der Waals surface area contributed by atoms with Gasteiger partial charge in [0.25, 0.3) is 5.91 Å². The summed E-state index contributed by atoms with van der Waals surface area (Å²) in [5.74, 6) is 0.174. The number of halogens is 1. The molecule has 0 fully saturated rings. The van der Waals surface area contributed by atoms with Crippen molar-refractivity contribution in [3.63, 3.8) is 0 Å². The quantitative estimate of drug-likeness (QED) is 0.232. The monoisotopic (exact) mass is 516 g/mol. The smallest absolute Gasteiger partial charge is 0.306 e. The largest absolute Gasteiger partial charge is 0.457 e. The van der Waals surface area contributed by atoms with Gasteiger partial charge in [0.15, 0.2) is 6.61 Å². The van der Waals surface area contributed by atoms with Crippen molar-refractivity contribution in [1.29, 1.82) is 0 Å². The highest BCUT2D eigenvalue weighted by Crippen LogP contribution is 2.30. The van der Waals surface area contributed by atoms with E-state index in [1.807, 2.05) is 42.5 Å². The first-order chi connectivity index (χ1) is 18.0. The van der Waals surface area contributed by atoms with Gasteiger partial charge < -0.3 is 20.1 Å². The molecule has 0 aliphatic heterocycles. The number of amides is 2. The van der Waals surface area contributed by atoms with Crippen molar-refractivity contribution in [2.24, 2.45) is 0 Å². The fraction of sp³-hybridized carbons (Fsp3) is 0.138. The molecule has 0 radical (unpaired) electrons. The molecule has 0 saturated heterocycles. The molecule has 0 bridgehead atoms. The Morgan fingerprint density at radius 1 is 0.703 bits per heavy atom. The average Bonchev–Trinajstić information content (AvgIpc) is 2.90. The lowest BCUT2D eigenvalue weighted by Gasteiger charge is -2.10. The maximum absolute atomic E-state index is 12.2. The SMILES string of the molecule is O=C(CCCC(=O)OCC(=O)Nc1ccc(Cl)cc1)Nc1ccc(Oc2cccc3ccccc23)cc1. The Bertz CT molecular complexity index is 1380. The van der Waals surface area contributed by atoms with Gasteiger partial charge in [-0.25, -0.2) is 0 Å². The summed E-state index contributed by atoms with van der Waals surface area (Å²) in [6.45, 7) is -0.402. The fourth-order valence-electron chi connectivity index (χ4n) is 3.58. The van der Waals surface area contributed by atoms with E-state index in [-0.39, 0.29) is 18.7 Å². The van der Waals surface area contributed by atoms with Crippen molar-refractivity contribution in [2.75, 3.05) is 17.2 Å². The third-order valence-electron chi connectivity index (χ3n) is 5.39. The second-order valence-electron chi connectivity index (χ2n) is 8.22. The minimum Gasteiger partial charge on any atom is -0.457 e. The molecule has 0 atom stereocenters. The van der Waals surface area contributed by atoms with Crippen LogP contribution in [0.2, 0.25) is 5.02 Å². The molecule has 4 aromatic carbocycles. The molecule has 2 N–H and O–H groups in total. The van der Waals surface area contributed by atoms with Gasteiger partial charge in [-0.3, -0.25) is 14.4 Å². The third-order valence-corrected chi connectivity index (χ3v) is 5.64. The van der Waals surface area contributed by atoms with Crippen LogP contribution in [-0.2, 0) is 19.1 Å². The Balaban J connectivity index is 1.16. The van der Waals surface area contributed by atoms with Gasteiger partial charge in [0, 0.05) is 34.6 Å². The minimum atomic E-state index is -0.547. The first-order valence-electron chi connectivity index (χ1n) is 11.7. The zero-order chi connectivity index (χ0) is 26.0. The molecule has 0 aliphatic rings. The van der Waals surface area contributed by atoms with Crippen molar-refractivity contribution in [1.82, 2.24) is 0 Å². The molecule has 7 nitrogen and oxygen atoms in total. The molecular weight excluding hydrogens is 492 g/mol. The number of nitrogens with one attached hydrogen (secondary N) is 2. The van der Waals surface area contributed by atoms with E-state index in [2.05, 4.69) is 10.6 Å². The summed E-state index contributed by atoms with van der Waals surface area (Å²) >= 11 is 5.80. The number of ether oxygens (including phenoxy) is 2. The lowest BCUT2D eigenvalue weighted by molar-refractivity contribution is -0.147. The van der Waals surface area contributed by atoms with Crippen LogP contribution in [0.3, 0.4) is 0 Å². The zero-order valence-electron chi connectivity index (χ0n) is 19.9. The number of hydrogen-bond acceptors (Lipinski definition) is 5. The molecule has 0 aromatic heterocycles. The molecule has 0 aliphatic carbocycles. The number of esters is 1. The van der Waals surface area contributed by atoms with Crippen molar-refractivity contribution in [2.45, 2.75) is 19.3 Å². The highest BCUT2D eigenvalue weighted by molar-refractivity contribution is 6.30. The molecule has 0 heterocycles. The highest BCUT2D eigenvalue weighted by Gasteiger charge is 2.10. The topological polar surface area (TPSA) is 93.7 Å². The van der Waals surface area contributed by atoms with Crippen LogP contribution in [0.25, 0.3) is 10.8 Å². The van der Waals surface area contributed by atoms with Gasteiger partial charge in [0.1, 0.15) is 11.5 Å². The Morgan fingerprint density at radius 2 is 1.35 bits per heavy atom. The molecule has 2 amide bonds.